The van der Waals surface area contributed by atoms with Crippen LogP contribution >= 0.6 is 0 Å². The second-order valence-corrected chi connectivity index (χ2v) is 20.7. The lowest BCUT2D eigenvalue weighted by Gasteiger charge is -2.33. The van der Waals surface area contributed by atoms with E-state index in [-0.39, 0.29) is 145 Å². The summed E-state index contributed by atoms with van der Waals surface area (Å²) in [6.07, 6.45) is -29.9. The number of aliphatic hydroxyl groups is 22. The van der Waals surface area contributed by atoms with Crippen LogP contribution in [0.15, 0.2) is 0 Å². The van der Waals surface area contributed by atoms with Crippen molar-refractivity contribution in [3.63, 3.8) is 0 Å². The molecule has 0 saturated carbocycles. The Hall–Kier alpha value is -2.22. The normalized spacial score (nSPS) is 19.2. The van der Waals surface area contributed by atoms with Crippen LogP contribution in [0.25, 0.3) is 0 Å². The van der Waals surface area contributed by atoms with Crippen molar-refractivity contribution in [3.05, 3.63) is 0 Å². The molecule has 0 spiro atoms. The van der Waals surface area contributed by atoms with E-state index in [1.54, 1.807) is 0 Å². The van der Waals surface area contributed by atoms with Gasteiger partial charge in [0.15, 0.2) is 11.9 Å². The summed E-state index contributed by atoms with van der Waals surface area (Å²) in [6.45, 7) is -8.47. The molecule has 88 heavy (non-hydrogen) atoms. The minimum absolute atomic E-state index is 0.188. The van der Waals surface area contributed by atoms with Gasteiger partial charge >= 0.3 is 0 Å². The quantitative estimate of drug-likeness (QED) is 0.0269. The van der Waals surface area contributed by atoms with Gasteiger partial charge in [0.2, 0.25) is 0 Å². The molecule has 0 bridgehead atoms. The van der Waals surface area contributed by atoms with Crippen molar-refractivity contribution in [2.45, 2.75) is 129 Å². The minimum Gasteiger partial charge on any atom is -0.394 e. The smallest absolute Gasteiger partial charge is 0.251 e. The molecule has 0 rings (SSSR count). The standard InChI is InChI=1S/C51H102N2O35/c1-30(56)45(71)28-87-26-39(65)24-85-22-37(63)20-83-18-35(61)16-81-14-33(59)12-79-10-31(57)8-78-9-32(58)11-80-13-34(60)15-82-17-36(62)19-84-21-38(64)23-86-25-40(66)27-88-29-46(72)51(77)52-2-3-53(4-41(67)47(73)49(75)43(69)6-54)5-42(68)48(74)50(76)44(70)7-55/h31-50,54-55,57-76H,2-29H2,1H3,(H,52,77)/t31?,32?,33?,34?,35?,36?,37?,38?,39?,40?,41-,42-,43+,44+,45?,46?,47+,48+,49+,50+/m0/s1. The largest absolute Gasteiger partial charge is 0.394 e. The van der Waals surface area contributed by atoms with Crippen molar-refractivity contribution in [3.8, 4) is 0 Å². The third-order valence-corrected chi connectivity index (χ3v) is 11.8. The van der Waals surface area contributed by atoms with E-state index < -0.39 is 173 Å². The average Bonchev–Trinajstić information content (AvgIpc) is 3.60. The number of nitrogens with zero attached hydrogens (tertiary/aromatic N) is 1. The van der Waals surface area contributed by atoms with E-state index in [1.165, 1.54) is 6.92 Å². The number of carbonyl (C=O) groups excluding carboxylic acids is 2. The molecule has 0 aromatic rings. The van der Waals surface area contributed by atoms with Gasteiger partial charge in [-0.25, -0.2) is 0 Å². The summed E-state index contributed by atoms with van der Waals surface area (Å²) in [5, 5.41) is 221. The molecule has 0 saturated heterocycles. The second-order valence-electron chi connectivity index (χ2n) is 20.7. The van der Waals surface area contributed by atoms with Crippen LogP contribution in [0.4, 0.5) is 0 Å². The fourth-order valence-corrected chi connectivity index (χ4v) is 6.95. The van der Waals surface area contributed by atoms with Gasteiger partial charge in [-0.05, 0) is 6.92 Å². The van der Waals surface area contributed by atoms with Crippen LogP contribution in [-0.4, -0.2) is 436 Å². The van der Waals surface area contributed by atoms with Gasteiger partial charge < -0.3 is 170 Å². The zero-order valence-electron chi connectivity index (χ0n) is 49.4. The first-order valence-corrected chi connectivity index (χ1v) is 28.3. The zero-order chi connectivity index (χ0) is 66.6. The Labute approximate surface area is 508 Å². The first kappa shape index (κ1) is 85.8. The second kappa shape index (κ2) is 52.2. The van der Waals surface area contributed by atoms with Gasteiger partial charge in [0.1, 0.15) is 104 Å². The van der Waals surface area contributed by atoms with Crippen LogP contribution < -0.4 is 5.32 Å². The van der Waals surface area contributed by atoms with Crippen molar-refractivity contribution in [2.75, 3.05) is 185 Å². The van der Waals surface area contributed by atoms with Gasteiger partial charge in [0, 0.05) is 26.2 Å². The predicted molar refractivity (Wildman–Crippen MR) is 293 cm³/mol. The number of hydrogen-bond acceptors (Lipinski definition) is 36. The van der Waals surface area contributed by atoms with Crippen LogP contribution in [0.1, 0.15) is 6.92 Å². The summed E-state index contributed by atoms with van der Waals surface area (Å²) in [6, 6.07) is 0. The summed E-state index contributed by atoms with van der Waals surface area (Å²) in [5.41, 5.74) is 0. The summed E-state index contributed by atoms with van der Waals surface area (Å²) < 4.78 is 57.2. The minimum atomic E-state index is -2.03. The topological polar surface area (TPSA) is 596 Å². The number of hydrogen-bond donors (Lipinski definition) is 23. The Morgan fingerprint density at radius 1 is 0.307 bits per heavy atom. The molecule has 526 valence electrons. The Morgan fingerprint density at radius 3 is 0.705 bits per heavy atom. The number of ether oxygens (including phenoxy) is 11. The molecular formula is C51H102N2O35. The molecular weight excluding hydrogens is 1200 g/mol. The average molecular weight is 1300 g/mol. The molecule has 0 aromatic carbocycles. The Kier molecular flexibility index (Phi) is 50.9. The third kappa shape index (κ3) is 44.3. The molecule has 12 unspecified atom stereocenters. The molecule has 0 aliphatic carbocycles. The monoisotopic (exact) mass is 1300 g/mol. The molecule has 0 radical (unpaired) electrons. The highest BCUT2D eigenvalue weighted by atomic mass is 16.6. The molecule has 0 aromatic heterocycles. The van der Waals surface area contributed by atoms with Crippen molar-refractivity contribution in [2.24, 2.45) is 0 Å². The molecule has 0 aliphatic heterocycles. The van der Waals surface area contributed by atoms with E-state index >= 15 is 0 Å². The van der Waals surface area contributed by atoms with Gasteiger partial charge in [0.25, 0.3) is 5.91 Å². The Morgan fingerprint density at radius 2 is 0.500 bits per heavy atom. The van der Waals surface area contributed by atoms with E-state index in [4.69, 9.17) is 62.3 Å². The summed E-state index contributed by atoms with van der Waals surface area (Å²) in [7, 11) is 0. The van der Waals surface area contributed by atoms with Gasteiger partial charge in [-0.15, -0.1) is 0 Å². The number of carbonyl (C=O) groups is 2. The molecule has 1 amide bonds. The van der Waals surface area contributed by atoms with E-state index in [0.29, 0.717) is 0 Å². The Balaban J connectivity index is 4.16. The molecule has 0 fully saturated rings. The van der Waals surface area contributed by atoms with Crippen LogP contribution in [0.5, 0.6) is 0 Å². The highest BCUT2D eigenvalue weighted by Crippen LogP contribution is 2.11. The number of rotatable bonds is 61. The summed E-state index contributed by atoms with van der Waals surface area (Å²) in [4.78, 5) is 24.6. The fourth-order valence-electron chi connectivity index (χ4n) is 6.95. The van der Waals surface area contributed by atoms with Crippen LogP contribution in [0.3, 0.4) is 0 Å². The maximum atomic E-state index is 12.5. The number of Topliss-reactive ketones (excluding diaryl/α,β-unsaturated/α-hetero) is 1. The molecule has 0 heterocycles. The van der Waals surface area contributed by atoms with Crippen molar-refractivity contribution in [1.82, 2.24) is 10.2 Å². The first-order chi connectivity index (χ1) is 41.6. The zero-order valence-corrected chi connectivity index (χ0v) is 49.4. The van der Waals surface area contributed by atoms with E-state index in [9.17, 15) is 112 Å². The molecule has 37 nitrogen and oxygen atoms in total. The van der Waals surface area contributed by atoms with Crippen LogP contribution in [0, 0.1) is 0 Å². The lowest BCUT2D eigenvalue weighted by Crippen LogP contribution is -2.54. The van der Waals surface area contributed by atoms with Crippen molar-refractivity contribution in [1.29, 1.82) is 0 Å². The van der Waals surface area contributed by atoms with E-state index in [0.717, 1.165) is 4.90 Å². The molecule has 20 atom stereocenters. The maximum Gasteiger partial charge on any atom is 0.251 e. The number of ketones is 1. The van der Waals surface area contributed by atoms with Crippen LogP contribution in [0.2, 0.25) is 0 Å². The molecule has 23 N–H and O–H groups in total. The SMILES string of the molecule is CC(=O)C(O)COCC(O)COCC(O)COCC(O)COCC(O)COCC(O)COCC(O)COCC(O)COCC(O)COCC(O)COCC(O)COCC(O)C(=O)NCCN(C[C@H](O)[C@@H](O)[C@H](O)[C@H](O)CO)C[C@H](O)[C@@H](O)[C@H](O)[C@H](O)CO. The highest BCUT2D eigenvalue weighted by molar-refractivity contribution is 5.80. The highest BCUT2D eigenvalue weighted by Gasteiger charge is 2.35. The summed E-state index contributed by atoms with van der Waals surface area (Å²) >= 11 is 0. The van der Waals surface area contributed by atoms with E-state index in [2.05, 4.69) is 5.32 Å². The van der Waals surface area contributed by atoms with E-state index in [1.807, 2.05) is 0 Å². The first-order valence-electron chi connectivity index (χ1n) is 28.3. The predicted octanol–water partition coefficient (Wildman–Crippen LogP) is -14.6. The van der Waals surface area contributed by atoms with Crippen LogP contribution in [-0.2, 0) is 61.7 Å². The lowest BCUT2D eigenvalue weighted by atomic mass is 10.0. The van der Waals surface area contributed by atoms with Gasteiger partial charge in [0.05, 0.1) is 171 Å². The van der Waals surface area contributed by atoms with Gasteiger partial charge in [-0.1, -0.05) is 0 Å². The van der Waals surface area contributed by atoms with Crippen molar-refractivity contribution < 1.29 is 174 Å². The number of amides is 1. The van der Waals surface area contributed by atoms with Gasteiger partial charge in [-0.2, -0.15) is 0 Å². The molecule has 0 aliphatic rings. The van der Waals surface area contributed by atoms with Crippen molar-refractivity contribution >= 4 is 11.7 Å². The van der Waals surface area contributed by atoms with Gasteiger partial charge in [-0.3, -0.25) is 14.5 Å². The Bertz CT molecular complexity index is 1630. The lowest BCUT2D eigenvalue weighted by molar-refractivity contribution is -0.134. The third-order valence-electron chi connectivity index (χ3n) is 11.8. The summed E-state index contributed by atoms with van der Waals surface area (Å²) in [5.74, 6) is -1.45. The molecule has 37 heteroatoms. The number of nitrogens with one attached hydrogen (secondary N) is 1. The fraction of sp³-hybridized carbons (Fsp3) is 0.961. The maximum absolute atomic E-state index is 12.5. The number of aliphatic hydroxyl groups excluding tert-OH is 22.